The Morgan fingerprint density at radius 2 is 1.76 bits per heavy atom. The van der Waals surface area contributed by atoms with E-state index in [0.717, 1.165) is 22.8 Å². The van der Waals surface area contributed by atoms with Gasteiger partial charge in [-0.1, -0.05) is 0 Å². The first-order valence-electron chi connectivity index (χ1n) is 6.47. The van der Waals surface area contributed by atoms with Crippen molar-refractivity contribution in [3.63, 3.8) is 0 Å². The summed E-state index contributed by atoms with van der Waals surface area (Å²) in [7, 11) is 3.25. The van der Waals surface area contributed by atoms with Crippen LogP contribution in [-0.2, 0) is 13.1 Å². The summed E-state index contributed by atoms with van der Waals surface area (Å²) in [4.78, 5) is 0. The Kier molecular flexibility index (Phi) is 5.45. The predicted octanol–water partition coefficient (Wildman–Crippen LogP) is 2.46. The average Bonchev–Trinajstić information content (AvgIpc) is 3.03. The summed E-state index contributed by atoms with van der Waals surface area (Å²) in [5, 5.41) is 6.77. The first kappa shape index (κ1) is 15.2. The molecule has 5 nitrogen and oxygen atoms in total. The highest BCUT2D eigenvalue weighted by atomic mass is 32.1. The van der Waals surface area contributed by atoms with Crippen LogP contribution in [0, 0.1) is 0 Å². The molecule has 2 N–H and O–H groups in total. The van der Waals surface area contributed by atoms with Crippen LogP contribution >= 0.6 is 12.2 Å². The lowest BCUT2D eigenvalue weighted by Gasteiger charge is -2.11. The van der Waals surface area contributed by atoms with Crippen LogP contribution in [0.5, 0.6) is 11.5 Å². The summed E-state index contributed by atoms with van der Waals surface area (Å²) in [6.07, 6.45) is 1.63. The summed E-state index contributed by atoms with van der Waals surface area (Å²) in [5.74, 6) is 2.34. The number of furan rings is 1. The summed E-state index contributed by atoms with van der Waals surface area (Å²) < 4.78 is 15.7. The molecule has 0 saturated carbocycles. The van der Waals surface area contributed by atoms with Crippen LogP contribution in [0.25, 0.3) is 0 Å². The first-order chi connectivity index (χ1) is 10.2. The van der Waals surface area contributed by atoms with Gasteiger partial charge in [-0.25, -0.2) is 0 Å². The minimum Gasteiger partial charge on any atom is -0.497 e. The Labute approximate surface area is 129 Å². The number of thiocarbonyl (C=S) groups is 1. The van der Waals surface area contributed by atoms with Crippen molar-refractivity contribution in [2.75, 3.05) is 14.2 Å². The van der Waals surface area contributed by atoms with Crippen molar-refractivity contribution in [2.24, 2.45) is 0 Å². The summed E-state index contributed by atoms with van der Waals surface area (Å²) in [5.41, 5.74) is 1.02. The third-order valence-electron chi connectivity index (χ3n) is 2.87. The fourth-order valence-electron chi connectivity index (χ4n) is 1.79. The maximum atomic E-state index is 5.23. The van der Waals surface area contributed by atoms with E-state index in [1.807, 2.05) is 30.3 Å². The summed E-state index contributed by atoms with van der Waals surface area (Å²) in [6.45, 7) is 1.14. The molecular weight excluding hydrogens is 288 g/mol. The zero-order chi connectivity index (χ0) is 15.1. The molecule has 1 heterocycles. The van der Waals surface area contributed by atoms with Crippen molar-refractivity contribution < 1.29 is 13.9 Å². The van der Waals surface area contributed by atoms with Crippen LogP contribution in [0.2, 0.25) is 0 Å². The van der Waals surface area contributed by atoms with Gasteiger partial charge in [0.15, 0.2) is 5.11 Å². The Morgan fingerprint density at radius 3 is 2.33 bits per heavy atom. The SMILES string of the molecule is COc1cc(CNC(=S)NCc2ccco2)cc(OC)c1. The maximum Gasteiger partial charge on any atom is 0.166 e. The third kappa shape index (κ3) is 4.68. The van der Waals surface area contributed by atoms with Gasteiger partial charge in [0.2, 0.25) is 0 Å². The highest BCUT2D eigenvalue weighted by molar-refractivity contribution is 7.80. The monoisotopic (exact) mass is 306 g/mol. The fraction of sp³-hybridized carbons (Fsp3) is 0.267. The molecule has 0 unspecified atom stereocenters. The molecular formula is C15H18N2O3S. The highest BCUT2D eigenvalue weighted by Gasteiger charge is 2.03. The zero-order valence-corrected chi connectivity index (χ0v) is 12.8. The number of ether oxygens (including phenoxy) is 2. The predicted molar refractivity (Wildman–Crippen MR) is 84.5 cm³/mol. The molecule has 0 radical (unpaired) electrons. The van der Waals surface area contributed by atoms with Gasteiger partial charge in [-0.2, -0.15) is 0 Å². The van der Waals surface area contributed by atoms with Crippen molar-refractivity contribution in [1.29, 1.82) is 0 Å². The van der Waals surface area contributed by atoms with Gasteiger partial charge < -0.3 is 24.5 Å². The molecule has 112 valence electrons. The molecule has 21 heavy (non-hydrogen) atoms. The lowest BCUT2D eigenvalue weighted by atomic mass is 10.2. The lowest BCUT2D eigenvalue weighted by Crippen LogP contribution is -2.34. The van der Waals surface area contributed by atoms with E-state index in [2.05, 4.69) is 10.6 Å². The van der Waals surface area contributed by atoms with Crippen molar-refractivity contribution in [2.45, 2.75) is 13.1 Å². The van der Waals surface area contributed by atoms with Gasteiger partial charge in [-0.3, -0.25) is 0 Å². The number of nitrogens with one attached hydrogen (secondary N) is 2. The highest BCUT2D eigenvalue weighted by Crippen LogP contribution is 2.22. The van der Waals surface area contributed by atoms with Gasteiger partial charge in [0.25, 0.3) is 0 Å². The summed E-state index contributed by atoms with van der Waals surface area (Å²) >= 11 is 5.22. The second kappa shape index (κ2) is 7.54. The van der Waals surface area contributed by atoms with Crippen LogP contribution in [0.4, 0.5) is 0 Å². The second-order valence-electron chi connectivity index (χ2n) is 4.34. The molecule has 0 aliphatic rings. The van der Waals surface area contributed by atoms with E-state index in [1.165, 1.54) is 0 Å². The van der Waals surface area contributed by atoms with Crippen LogP contribution < -0.4 is 20.1 Å². The Balaban J connectivity index is 1.85. The zero-order valence-electron chi connectivity index (χ0n) is 12.0. The van der Waals surface area contributed by atoms with Gasteiger partial charge in [-0.05, 0) is 42.0 Å². The molecule has 0 amide bonds. The van der Waals surface area contributed by atoms with Gasteiger partial charge in [0.1, 0.15) is 17.3 Å². The van der Waals surface area contributed by atoms with E-state index >= 15 is 0 Å². The van der Waals surface area contributed by atoms with Crippen LogP contribution in [0.15, 0.2) is 41.0 Å². The van der Waals surface area contributed by atoms with Gasteiger partial charge in [-0.15, -0.1) is 0 Å². The number of benzene rings is 1. The number of rotatable bonds is 6. The first-order valence-corrected chi connectivity index (χ1v) is 6.88. The van der Waals surface area contributed by atoms with Gasteiger partial charge in [0.05, 0.1) is 27.0 Å². The average molecular weight is 306 g/mol. The quantitative estimate of drug-likeness (QED) is 0.800. The molecule has 0 bridgehead atoms. The fourth-order valence-corrected chi connectivity index (χ4v) is 1.94. The Hall–Kier alpha value is -2.21. The van der Waals surface area contributed by atoms with Crippen LogP contribution in [0.3, 0.4) is 0 Å². The van der Waals surface area contributed by atoms with Crippen molar-refractivity contribution in [3.8, 4) is 11.5 Å². The molecule has 0 saturated heterocycles. The minimum absolute atomic E-state index is 0.556. The second-order valence-corrected chi connectivity index (χ2v) is 4.74. The van der Waals surface area contributed by atoms with Crippen molar-refractivity contribution >= 4 is 17.3 Å². The molecule has 1 aromatic carbocycles. The van der Waals surface area contributed by atoms with E-state index in [0.29, 0.717) is 18.2 Å². The Morgan fingerprint density at radius 1 is 1.10 bits per heavy atom. The number of hydrogen-bond donors (Lipinski definition) is 2. The largest absolute Gasteiger partial charge is 0.497 e. The molecule has 0 spiro atoms. The lowest BCUT2D eigenvalue weighted by molar-refractivity contribution is 0.393. The van der Waals surface area contributed by atoms with Crippen LogP contribution in [0.1, 0.15) is 11.3 Å². The third-order valence-corrected chi connectivity index (χ3v) is 3.16. The summed E-state index contributed by atoms with van der Waals surface area (Å²) in [6, 6.07) is 9.44. The van der Waals surface area contributed by atoms with Crippen molar-refractivity contribution in [3.05, 3.63) is 47.9 Å². The van der Waals surface area contributed by atoms with Crippen LogP contribution in [-0.4, -0.2) is 19.3 Å². The standard InChI is InChI=1S/C15H18N2O3S/c1-18-13-6-11(7-14(8-13)19-2)9-16-15(21)17-10-12-4-3-5-20-12/h3-8H,9-10H2,1-2H3,(H2,16,17,21). The molecule has 0 fully saturated rings. The normalized spacial score (nSPS) is 10.0. The van der Waals surface area contributed by atoms with Gasteiger partial charge in [0, 0.05) is 12.6 Å². The Bertz CT molecular complexity index is 562. The smallest absolute Gasteiger partial charge is 0.166 e. The van der Waals surface area contributed by atoms with E-state index in [1.54, 1.807) is 20.5 Å². The molecule has 0 aliphatic heterocycles. The molecule has 2 rings (SSSR count). The topological polar surface area (TPSA) is 55.7 Å². The van der Waals surface area contributed by atoms with Gasteiger partial charge >= 0.3 is 0 Å². The molecule has 2 aromatic rings. The minimum atomic E-state index is 0.556. The molecule has 0 aliphatic carbocycles. The van der Waals surface area contributed by atoms with E-state index < -0.39 is 0 Å². The number of hydrogen-bond acceptors (Lipinski definition) is 4. The molecule has 0 atom stereocenters. The van der Waals surface area contributed by atoms with E-state index in [-0.39, 0.29) is 0 Å². The number of methoxy groups -OCH3 is 2. The maximum absolute atomic E-state index is 5.23. The molecule has 6 heteroatoms. The van der Waals surface area contributed by atoms with Crippen molar-refractivity contribution in [1.82, 2.24) is 10.6 Å². The van der Waals surface area contributed by atoms with E-state index in [4.69, 9.17) is 26.1 Å². The van der Waals surface area contributed by atoms with E-state index in [9.17, 15) is 0 Å². The molecule has 1 aromatic heterocycles.